The van der Waals surface area contributed by atoms with Crippen molar-refractivity contribution >= 4 is 29.6 Å². The summed E-state index contributed by atoms with van der Waals surface area (Å²) >= 11 is 0. The second-order valence-corrected chi connectivity index (χ2v) is 21.3. The second-order valence-electron chi connectivity index (χ2n) is 21.3. The number of piperidine rings is 1. The first kappa shape index (κ1) is 62.4. The average molecular weight is 1020 g/mol. The molecule has 0 bridgehead atoms. The fourth-order valence-electron chi connectivity index (χ4n) is 9.56. The minimum Gasteiger partial charge on any atom is -0.508 e. The molecule has 73 heavy (non-hydrogen) atoms. The van der Waals surface area contributed by atoms with Crippen LogP contribution in [0, 0.1) is 41.4 Å². The standard InChI is InChI=1S/C56H89N5O12/c1-10-42-30-38(7)56(73,59-52(42)68)40(9)51(67)37(6)27-28-46(63)36(5)22-16-13-15-21-35(4)20-14-11-12-17-26-47(64)39(8)48(65)33-49(66)58-50(34(2)3)53(69)57-45(32-41-23-18-24-43(62)31-41)54(70)61-29-19-25-44(60-61)55(71)72/h11-13,15,17-18,21,23-24,26,31,34,36-40,42,44-48,50-51,60,62-65,67,73H,10,14,16,19-20,22,25,27-30,32-33H2,1-9H3,(H,57,69)(H,58,66)(H,59,68)(H,71,72)/b12-11+,15-13+,26-17+,35-21+/t36-,37-,38-,39?,40-,42-,44-,45-,46-,47+,48-,50?,51-,56+/m0/s1. The van der Waals surface area contributed by atoms with E-state index in [9.17, 15) is 59.7 Å². The van der Waals surface area contributed by atoms with Crippen LogP contribution >= 0.6 is 0 Å². The van der Waals surface area contributed by atoms with E-state index < -0.39 is 96.1 Å². The number of allylic oxidation sites excluding steroid dienone is 7. The number of rotatable bonds is 29. The highest BCUT2D eigenvalue weighted by Crippen LogP contribution is 2.38. The number of carboxylic acid groups (broad SMARTS) is 1. The van der Waals surface area contributed by atoms with E-state index in [1.165, 1.54) is 28.8 Å². The number of aliphatic carboxylic acids is 1. The van der Waals surface area contributed by atoms with Gasteiger partial charge in [-0.05, 0) is 107 Å². The lowest BCUT2D eigenvalue weighted by atomic mass is 9.72. The minimum atomic E-state index is -1.48. The minimum absolute atomic E-state index is 0.0242. The fourth-order valence-corrected chi connectivity index (χ4v) is 9.56. The summed E-state index contributed by atoms with van der Waals surface area (Å²) in [6.45, 7) is 16.9. The molecule has 11 N–H and O–H groups in total. The Labute approximate surface area is 433 Å². The molecule has 17 nitrogen and oxygen atoms in total. The second kappa shape index (κ2) is 30.5. The molecule has 1 aromatic carbocycles. The molecule has 2 fully saturated rings. The summed E-state index contributed by atoms with van der Waals surface area (Å²) < 4.78 is 0. The fraction of sp³-hybridized carbons (Fsp3) is 0.661. The summed E-state index contributed by atoms with van der Waals surface area (Å²) in [5, 5.41) is 84.1. The topological polar surface area (TPSA) is 278 Å². The number of carboxylic acids is 1. The van der Waals surface area contributed by atoms with Gasteiger partial charge in [-0.25, -0.2) is 5.43 Å². The third kappa shape index (κ3) is 19.7. The van der Waals surface area contributed by atoms with Gasteiger partial charge in [-0.1, -0.05) is 116 Å². The number of carbonyl (C=O) groups is 5. The van der Waals surface area contributed by atoms with Crippen molar-refractivity contribution in [3.63, 3.8) is 0 Å². The van der Waals surface area contributed by atoms with E-state index in [0.717, 1.165) is 25.7 Å². The first-order valence-electron chi connectivity index (χ1n) is 26.5. The summed E-state index contributed by atoms with van der Waals surface area (Å²) in [7, 11) is 0. The van der Waals surface area contributed by atoms with Crippen molar-refractivity contribution in [1.29, 1.82) is 0 Å². The van der Waals surface area contributed by atoms with Crippen LogP contribution in [-0.2, 0) is 30.4 Å². The van der Waals surface area contributed by atoms with Gasteiger partial charge in [0, 0.05) is 36.6 Å². The molecule has 14 atom stereocenters. The summed E-state index contributed by atoms with van der Waals surface area (Å²) in [5.41, 5.74) is 2.96. The van der Waals surface area contributed by atoms with E-state index in [-0.39, 0.29) is 48.3 Å². The number of hydrogen-bond acceptors (Lipinski definition) is 12. The van der Waals surface area contributed by atoms with Gasteiger partial charge >= 0.3 is 5.97 Å². The van der Waals surface area contributed by atoms with Gasteiger partial charge in [0.1, 0.15) is 29.6 Å². The highest BCUT2D eigenvalue weighted by Gasteiger charge is 2.49. The number of aromatic hydroxyl groups is 1. The van der Waals surface area contributed by atoms with Crippen LogP contribution in [0.3, 0.4) is 0 Å². The highest BCUT2D eigenvalue weighted by atomic mass is 16.4. The van der Waals surface area contributed by atoms with Crippen molar-refractivity contribution in [2.45, 2.75) is 188 Å². The molecule has 3 rings (SSSR count). The smallest absolute Gasteiger partial charge is 0.322 e. The Balaban J connectivity index is 1.40. The number of nitrogens with zero attached hydrogens (tertiary/aromatic N) is 1. The average Bonchev–Trinajstić information content (AvgIpc) is 3.35. The maximum absolute atomic E-state index is 13.7. The molecule has 2 saturated heterocycles. The Morgan fingerprint density at radius 1 is 0.918 bits per heavy atom. The Morgan fingerprint density at radius 3 is 2.27 bits per heavy atom. The van der Waals surface area contributed by atoms with Crippen LogP contribution in [0.25, 0.3) is 0 Å². The third-order valence-electron chi connectivity index (χ3n) is 15.0. The predicted molar refractivity (Wildman–Crippen MR) is 281 cm³/mol. The van der Waals surface area contributed by atoms with Crippen molar-refractivity contribution in [2.24, 2.45) is 41.4 Å². The number of aliphatic hydroxyl groups is 5. The molecular formula is C56H89N5O12. The molecule has 0 aliphatic carbocycles. The van der Waals surface area contributed by atoms with E-state index in [0.29, 0.717) is 44.1 Å². The number of phenols is 1. The van der Waals surface area contributed by atoms with Crippen molar-refractivity contribution in [3.8, 4) is 5.75 Å². The molecule has 0 spiro atoms. The van der Waals surface area contributed by atoms with E-state index in [1.807, 2.05) is 52.8 Å². The molecule has 2 unspecified atom stereocenters. The Bertz CT molecular complexity index is 2060. The first-order valence-corrected chi connectivity index (χ1v) is 26.5. The largest absolute Gasteiger partial charge is 0.508 e. The number of carbonyl (C=O) groups excluding carboxylic acids is 4. The van der Waals surface area contributed by atoms with Crippen LogP contribution in [0.15, 0.2) is 72.4 Å². The zero-order valence-corrected chi connectivity index (χ0v) is 44.7. The molecule has 4 amide bonds. The van der Waals surface area contributed by atoms with Crippen molar-refractivity contribution < 1.29 is 59.7 Å². The van der Waals surface area contributed by atoms with Crippen LogP contribution in [0.1, 0.15) is 139 Å². The first-order chi connectivity index (χ1) is 34.4. The van der Waals surface area contributed by atoms with Gasteiger partial charge in [0.15, 0.2) is 0 Å². The van der Waals surface area contributed by atoms with E-state index in [4.69, 9.17) is 0 Å². The quantitative estimate of drug-likeness (QED) is 0.0453. The third-order valence-corrected chi connectivity index (χ3v) is 15.0. The lowest BCUT2D eigenvalue weighted by Gasteiger charge is -2.47. The predicted octanol–water partition coefficient (Wildman–Crippen LogP) is 5.34. The molecule has 0 aromatic heterocycles. The van der Waals surface area contributed by atoms with Gasteiger partial charge in [-0.15, -0.1) is 0 Å². The molecule has 2 heterocycles. The van der Waals surface area contributed by atoms with Crippen molar-refractivity contribution in [2.75, 3.05) is 6.54 Å². The number of hydrogen-bond donors (Lipinski definition) is 11. The maximum atomic E-state index is 13.7. The number of nitrogens with one attached hydrogen (secondary N) is 4. The van der Waals surface area contributed by atoms with Crippen LogP contribution in [0.4, 0.5) is 0 Å². The van der Waals surface area contributed by atoms with Crippen LogP contribution in [-0.4, -0.2) is 125 Å². The maximum Gasteiger partial charge on any atom is 0.322 e. The lowest BCUT2D eigenvalue weighted by Crippen LogP contribution is -2.65. The normalized spacial score (nSPS) is 24.1. The molecule has 17 heteroatoms. The zero-order chi connectivity index (χ0) is 54.6. The molecule has 1 aromatic rings. The van der Waals surface area contributed by atoms with Gasteiger partial charge in [0.25, 0.3) is 5.91 Å². The number of phenolic OH excluding ortho intramolecular Hbond substituents is 1. The van der Waals surface area contributed by atoms with Crippen LogP contribution in [0.2, 0.25) is 0 Å². The van der Waals surface area contributed by atoms with Gasteiger partial charge in [-0.3, -0.25) is 29.0 Å². The molecule has 410 valence electrons. The SMILES string of the molecule is CC[C@H]1C[C@H](C)[C@@](O)([C@@H](C)[C@@H](O)[C@@H](C)CC[C@H](O)[C@@H](C)CC/C=C/C=C(\C)CC/C=C/C=C/[C@@H](O)C(C)[C@@H](O)CC(=O)NC(C(=O)N[C@@H](Cc2cccc(O)c2)C(=O)N2CCC[C@@H](C(=O)O)N2)C(C)C)NC1=O. The van der Waals surface area contributed by atoms with Gasteiger partial charge in [0.05, 0.1) is 30.8 Å². The van der Waals surface area contributed by atoms with Gasteiger partial charge in [-0.2, -0.15) is 0 Å². The molecule has 2 aliphatic heterocycles. The highest BCUT2D eigenvalue weighted by molar-refractivity contribution is 5.92. The number of benzene rings is 1. The van der Waals surface area contributed by atoms with E-state index in [1.54, 1.807) is 45.9 Å². The summed E-state index contributed by atoms with van der Waals surface area (Å²) in [4.78, 5) is 64.9. The molecule has 2 aliphatic rings. The van der Waals surface area contributed by atoms with E-state index in [2.05, 4.69) is 33.5 Å². The monoisotopic (exact) mass is 1020 g/mol. The molecule has 0 radical (unpaired) electrons. The van der Waals surface area contributed by atoms with Crippen molar-refractivity contribution in [1.82, 2.24) is 26.4 Å². The Hall–Kier alpha value is -4.91. The Kier molecular flexibility index (Phi) is 26.0. The lowest BCUT2D eigenvalue weighted by molar-refractivity contribution is -0.170. The number of hydrazine groups is 1. The van der Waals surface area contributed by atoms with Crippen molar-refractivity contribution in [3.05, 3.63) is 77.9 Å². The summed E-state index contributed by atoms with van der Waals surface area (Å²) in [6, 6.07) is 2.95. The zero-order valence-electron chi connectivity index (χ0n) is 44.7. The molecule has 0 saturated carbocycles. The van der Waals surface area contributed by atoms with Gasteiger partial charge in [0.2, 0.25) is 17.7 Å². The number of aliphatic hydroxyl groups excluding tert-OH is 4. The van der Waals surface area contributed by atoms with Crippen LogP contribution < -0.4 is 21.4 Å². The summed E-state index contributed by atoms with van der Waals surface area (Å²) in [6.07, 6.45) is 15.3. The van der Waals surface area contributed by atoms with E-state index >= 15 is 0 Å². The van der Waals surface area contributed by atoms with Crippen LogP contribution in [0.5, 0.6) is 5.75 Å². The molecular weight excluding hydrogens is 935 g/mol. The number of amides is 4. The Morgan fingerprint density at radius 2 is 1.62 bits per heavy atom. The van der Waals surface area contributed by atoms with Gasteiger partial charge < -0.3 is 51.7 Å². The summed E-state index contributed by atoms with van der Waals surface area (Å²) in [5.74, 6) is -5.37.